The Hall–Kier alpha value is -1.000. The van der Waals surface area contributed by atoms with Crippen molar-refractivity contribution in [1.82, 2.24) is 0 Å². The molecular formula is C9H8ClNO2S. The van der Waals surface area contributed by atoms with E-state index in [1.165, 1.54) is 0 Å². The monoisotopic (exact) mass is 229 g/mol. The number of rotatable bonds is 2. The lowest BCUT2D eigenvalue weighted by Crippen LogP contribution is -1.93. The average molecular weight is 230 g/mol. The van der Waals surface area contributed by atoms with Crippen LogP contribution in [-0.2, 0) is 11.5 Å². The van der Waals surface area contributed by atoms with Gasteiger partial charge in [-0.15, -0.1) is 0 Å². The van der Waals surface area contributed by atoms with Gasteiger partial charge in [-0.05, 0) is 42.6 Å². The van der Waals surface area contributed by atoms with E-state index in [2.05, 4.69) is 4.36 Å². The maximum Gasteiger partial charge on any atom is 0.254 e. The Kier molecular flexibility index (Phi) is 3.55. The molecule has 0 saturated carbocycles. The predicted octanol–water partition coefficient (Wildman–Crippen LogP) is 2.71. The molecule has 0 heterocycles. The van der Waals surface area contributed by atoms with Gasteiger partial charge in [0.25, 0.3) is 5.24 Å². The Morgan fingerprint density at radius 2 is 2.07 bits per heavy atom. The number of aryl methyl sites for hydroxylation is 2. The van der Waals surface area contributed by atoms with Crippen LogP contribution in [0.2, 0.25) is 0 Å². The van der Waals surface area contributed by atoms with Crippen molar-refractivity contribution in [2.45, 2.75) is 13.8 Å². The first kappa shape index (κ1) is 11.1. The maximum absolute atomic E-state index is 11.0. The third kappa shape index (κ3) is 2.27. The summed E-state index contributed by atoms with van der Waals surface area (Å²) in [6, 6.07) is 3.47. The van der Waals surface area contributed by atoms with Gasteiger partial charge in [-0.25, -0.2) is 0 Å². The van der Waals surface area contributed by atoms with Gasteiger partial charge in [0.1, 0.15) is 0 Å². The number of carbonyl (C=O) groups is 1. The Labute approximate surface area is 90.3 Å². The number of hydrogen-bond acceptors (Lipinski definition) is 3. The van der Waals surface area contributed by atoms with Crippen LogP contribution < -0.4 is 0 Å². The highest BCUT2D eigenvalue weighted by molar-refractivity contribution is 7.54. The zero-order valence-electron chi connectivity index (χ0n) is 7.70. The lowest BCUT2D eigenvalue weighted by molar-refractivity contribution is 0.108. The third-order valence-electron chi connectivity index (χ3n) is 1.79. The van der Waals surface area contributed by atoms with Crippen LogP contribution in [-0.4, -0.2) is 9.45 Å². The molecule has 0 aliphatic carbocycles. The van der Waals surface area contributed by atoms with Crippen LogP contribution >= 0.6 is 11.6 Å². The molecule has 0 aliphatic rings. The fraction of sp³-hybridized carbons (Fsp3) is 0.222. The van der Waals surface area contributed by atoms with E-state index in [0.717, 1.165) is 11.1 Å². The van der Waals surface area contributed by atoms with Gasteiger partial charge in [0.2, 0.25) is 11.5 Å². The molecule has 0 unspecified atom stereocenters. The van der Waals surface area contributed by atoms with E-state index in [-0.39, 0.29) is 17.0 Å². The zero-order chi connectivity index (χ0) is 10.7. The van der Waals surface area contributed by atoms with Crippen molar-refractivity contribution >= 4 is 34.0 Å². The SMILES string of the molecule is Cc1cc(C)c(N=S=O)c(C(=O)Cl)c1. The molecule has 5 heteroatoms. The van der Waals surface area contributed by atoms with Gasteiger partial charge in [-0.3, -0.25) is 4.79 Å². The summed E-state index contributed by atoms with van der Waals surface area (Å²) < 4.78 is 13.9. The van der Waals surface area contributed by atoms with Crippen molar-refractivity contribution in [1.29, 1.82) is 0 Å². The molecule has 0 aliphatic heterocycles. The van der Waals surface area contributed by atoms with Crippen LogP contribution in [0.15, 0.2) is 16.5 Å². The topological polar surface area (TPSA) is 46.5 Å². The van der Waals surface area contributed by atoms with E-state index in [1.54, 1.807) is 13.0 Å². The van der Waals surface area contributed by atoms with Crippen LogP contribution in [0.4, 0.5) is 5.69 Å². The van der Waals surface area contributed by atoms with Crippen molar-refractivity contribution in [3.05, 3.63) is 28.8 Å². The first-order chi connectivity index (χ1) is 6.56. The summed E-state index contributed by atoms with van der Waals surface area (Å²) in [5, 5.41) is -0.593. The van der Waals surface area contributed by atoms with Gasteiger partial charge in [-0.2, -0.15) is 8.57 Å². The number of halogens is 1. The van der Waals surface area contributed by atoms with Gasteiger partial charge >= 0.3 is 0 Å². The Bertz CT molecular complexity index is 439. The van der Waals surface area contributed by atoms with Crippen molar-refractivity contribution in [2.75, 3.05) is 0 Å². The van der Waals surface area contributed by atoms with Gasteiger partial charge in [0.05, 0.1) is 11.3 Å². The fourth-order valence-corrected chi connectivity index (χ4v) is 1.73. The second-order valence-electron chi connectivity index (χ2n) is 2.92. The average Bonchev–Trinajstić information content (AvgIpc) is 2.09. The highest BCUT2D eigenvalue weighted by Gasteiger charge is 2.11. The summed E-state index contributed by atoms with van der Waals surface area (Å²) in [6.07, 6.45) is 0. The Morgan fingerprint density at radius 1 is 1.43 bits per heavy atom. The molecule has 0 spiro atoms. The molecule has 0 fully saturated rings. The van der Waals surface area contributed by atoms with Gasteiger partial charge in [-0.1, -0.05) is 6.07 Å². The normalized spacial score (nSPS) is 9.64. The molecule has 74 valence electrons. The van der Waals surface area contributed by atoms with Crippen molar-refractivity contribution in [3.8, 4) is 0 Å². The molecule has 0 amide bonds. The van der Waals surface area contributed by atoms with Crippen molar-refractivity contribution < 1.29 is 9.00 Å². The lowest BCUT2D eigenvalue weighted by atomic mass is 10.1. The first-order valence-corrected chi connectivity index (χ1v) is 4.95. The minimum atomic E-state index is -0.593. The summed E-state index contributed by atoms with van der Waals surface area (Å²) in [6.45, 7) is 3.63. The van der Waals surface area contributed by atoms with Crippen molar-refractivity contribution in [2.24, 2.45) is 4.36 Å². The Morgan fingerprint density at radius 3 is 2.57 bits per heavy atom. The number of hydrogen-bond donors (Lipinski definition) is 0. The maximum atomic E-state index is 11.0. The van der Waals surface area contributed by atoms with E-state index in [0.29, 0.717) is 5.69 Å². The lowest BCUT2D eigenvalue weighted by Gasteiger charge is -2.04. The minimum absolute atomic E-state index is 0.0705. The summed E-state index contributed by atoms with van der Waals surface area (Å²) in [4.78, 5) is 11.0. The molecule has 1 rings (SSSR count). The quantitative estimate of drug-likeness (QED) is 0.732. The summed E-state index contributed by atoms with van der Waals surface area (Å²) in [5.41, 5.74) is 2.35. The largest absolute Gasteiger partial charge is 0.276 e. The van der Waals surface area contributed by atoms with E-state index in [9.17, 15) is 9.00 Å². The number of benzene rings is 1. The second-order valence-corrected chi connectivity index (χ2v) is 3.59. The van der Waals surface area contributed by atoms with Gasteiger partial charge < -0.3 is 0 Å². The standard InChI is InChI=1S/C9H8ClNO2S/c1-5-3-6(2)8(11-14-13)7(4-5)9(10)12/h3-4H,1-2H3. The number of carbonyl (C=O) groups excluding carboxylic acids is 1. The highest BCUT2D eigenvalue weighted by Crippen LogP contribution is 2.26. The van der Waals surface area contributed by atoms with Crippen LogP contribution in [0, 0.1) is 13.8 Å². The van der Waals surface area contributed by atoms with Crippen molar-refractivity contribution in [3.63, 3.8) is 0 Å². The first-order valence-electron chi connectivity index (χ1n) is 3.87. The minimum Gasteiger partial charge on any atom is -0.276 e. The molecule has 0 N–H and O–H groups in total. The molecule has 0 saturated heterocycles. The highest BCUT2D eigenvalue weighted by atomic mass is 35.5. The number of nitrogens with zero attached hydrogens (tertiary/aromatic N) is 1. The van der Waals surface area contributed by atoms with Crippen LogP contribution in [0.5, 0.6) is 0 Å². The Balaban J connectivity index is 3.51. The smallest absolute Gasteiger partial charge is 0.254 e. The molecule has 0 atom stereocenters. The molecule has 14 heavy (non-hydrogen) atoms. The van der Waals surface area contributed by atoms with Gasteiger partial charge in [0, 0.05) is 0 Å². The molecule has 1 aromatic carbocycles. The molecule has 0 bridgehead atoms. The summed E-state index contributed by atoms with van der Waals surface area (Å²) in [5.74, 6) is 0. The predicted molar refractivity (Wildman–Crippen MR) is 56.3 cm³/mol. The summed E-state index contributed by atoms with van der Waals surface area (Å²) in [7, 11) is 0. The fourth-order valence-electron chi connectivity index (χ4n) is 1.27. The van der Waals surface area contributed by atoms with E-state index >= 15 is 0 Å². The van der Waals surface area contributed by atoms with E-state index in [1.807, 2.05) is 13.0 Å². The van der Waals surface area contributed by atoms with Crippen LogP contribution in [0.25, 0.3) is 0 Å². The molecule has 0 radical (unpaired) electrons. The van der Waals surface area contributed by atoms with E-state index < -0.39 is 5.24 Å². The second kappa shape index (κ2) is 4.48. The molecule has 0 aromatic heterocycles. The van der Waals surface area contributed by atoms with Crippen LogP contribution in [0.3, 0.4) is 0 Å². The molecule has 3 nitrogen and oxygen atoms in total. The van der Waals surface area contributed by atoms with Crippen LogP contribution in [0.1, 0.15) is 21.5 Å². The molecule has 1 aromatic rings. The third-order valence-corrected chi connectivity index (χ3v) is 2.25. The summed E-state index contributed by atoms with van der Waals surface area (Å²) >= 11 is 5.45. The van der Waals surface area contributed by atoms with E-state index in [4.69, 9.17) is 11.6 Å². The zero-order valence-corrected chi connectivity index (χ0v) is 9.28. The molecular weight excluding hydrogens is 222 g/mol. The van der Waals surface area contributed by atoms with Gasteiger partial charge in [0.15, 0.2) is 0 Å².